The van der Waals surface area contributed by atoms with Gasteiger partial charge in [0.05, 0.1) is 0 Å². The molecule has 0 rings (SSSR count). The Bertz CT molecular complexity index is 82.7. The Morgan fingerprint density at radius 2 is 1.12 bits per heavy atom. The lowest BCUT2D eigenvalue weighted by Crippen LogP contribution is -2.01. The van der Waals surface area contributed by atoms with Gasteiger partial charge in [0, 0.05) is 0 Å². The van der Waals surface area contributed by atoms with Crippen molar-refractivity contribution in [1.29, 1.82) is 0 Å². The Labute approximate surface area is 57.2 Å². The fourth-order valence-corrected chi connectivity index (χ4v) is 3.62. The zero-order valence-corrected chi connectivity index (χ0v) is 7.86. The van der Waals surface area contributed by atoms with Crippen LogP contribution in [0.1, 0.15) is 13.8 Å². The highest BCUT2D eigenvalue weighted by Gasteiger charge is 1.84. The predicted octanol–water partition coefficient (Wildman–Crippen LogP) is 1.44. The van der Waals surface area contributed by atoms with Crippen molar-refractivity contribution in [3.63, 3.8) is 0 Å². The highest BCUT2D eigenvalue weighted by atomic mass is 32.9. The first-order valence-corrected chi connectivity index (χ1v) is 7.10. The van der Waals surface area contributed by atoms with Gasteiger partial charge in [-0.3, -0.25) is 0 Å². The molecule has 0 fully saturated rings. The van der Waals surface area contributed by atoms with E-state index in [2.05, 4.69) is 26.4 Å². The Morgan fingerprint density at radius 1 is 0.875 bits per heavy atom. The van der Waals surface area contributed by atoms with E-state index < -0.39 is 0 Å². The smallest absolute Gasteiger partial charge is 0.00988 e. The van der Waals surface area contributed by atoms with Gasteiger partial charge in [0.25, 0.3) is 0 Å². The highest BCUT2D eigenvalue weighted by molar-refractivity contribution is 8.43. The molecular weight excluding hydrogens is 136 g/mol. The van der Waals surface area contributed by atoms with E-state index in [0.717, 1.165) is 0 Å². The van der Waals surface area contributed by atoms with Crippen molar-refractivity contribution in [1.82, 2.24) is 0 Å². The Kier molecular flexibility index (Phi) is 4.97. The van der Waals surface area contributed by atoms with Gasteiger partial charge in [-0.1, -0.05) is 13.8 Å². The van der Waals surface area contributed by atoms with E-state index >= 15 is 0 Å². The summed E-state index contributed by atoms with van der Waals surface area (Å²) in [6, 6.07) is 0. The third-order valence-electron chi connectivity index (χ3n) is 1.30. The van der Waals surface area contributed by atoms with Crippen molar-refractivity contribution >= 4 is 18.9 Å². The summed E-state index contributed by atoms with van der Waals surface area (Å²) < 4.78 is 0. The molecule has 0 aliphatic carbocycles. The second-order valence-electron chi connectivity index (χ2n) is 1.72. The van der Waals surface area contributed by atoms with E-state index in [1.54, 1.807) is 0 Å². The first-order valence-electron chi connectivity index (χ1n) is 2.97. The van der Waals surface area contributed by atoms with Crippen LogP contribution in [0.5, 0.6) is 0 Å². The van der Waals surface area contributed by atoms with Crippen molar-refractivity contribution < 1.29 is 0 Å². The van der Waals surface area contributed by atoms with Crippen LogP contribution in [0, 0.1) is 0 Å². The zero-order valence-electron chi connectivity index (χ0n) is 6.23. The third-order valence-corrected chi connectivity index (χ3v) is 8.22. The molecule has 52 valence electrons. The van der Waals surface area contributed by atoms with Gasteiger partial charge < -0.3 is 0 Å². The molecule has 0 aromatic carbocycles. The summed E-state index contributed by atoms with van der Waals surface area (Å²) in [7, 11) is 1.41. The van der Waals surface area contributed by atoms with E-state index in [0.29, 0.717) is 18.9 Å². The van der Waals surface area contributed by atoms with Crippen LogP contribution in [0.15, 0.2) is 0 Å². The van der Waals surface area contributed by atoms with Crippen LogP contribution in [0.25, 0.3) is 0 Å². The number of hydrogen-bond donors (Lipinski definition) is 0. The summed E-state index contributed by atoms with van der Waals surface area (Å²) >= 11 is 0. The van der Waals surface area contributed by atoms with Gasteiger partial charge in [0.15, 0.2) is 0 Å². The fraction of sp³-hybridized carbons (Fsp3) is 1.00. The molecule has 2 atom stereocenters. The maximum atomic E-state index is 2.37. The van der Waals surface area contributed by atoms with Gasteiger partial charge in [-0.2, -0.15) is 18.9 Å². The topological polar surface area (TPSA) is 0 Å². The van der Waals surface area contributed by atoms with E-state index in [9.17, 15) is 0 Å². The van der Waals surface area contributed by atoms with Gasteiger partial charge >= 0.3 is 0 Å². The quantitative estimate of drug-likeness (QED) is 0.562. The second kappa shape index (κ2) is 4.57. The molecule has 0 aromatic rings. The first-order chi connectivity index (χ1) is 3.72. The SMILES string of the molecule is CC/S(C)=S(\C)CC. The molecule has 0 saturated heterocycles. The molecule has 0 bridgehead atoms. The summed E-state index contributed by atoms with van der Waals surface area (Å²) in [5, 5.41) is 0. The maximum Gasteiger partial charge on any atom is -0.00988 e. The van der Waals surface area contributed by atoms with Crippen LogP contribution in [0.4, 0.5) is 0 Å². The van der Waals surface area contributed by atoms with Crippen LogP contribution < -0.4 is 0 Å². The highest BCUT2D eigenvalue weighted by Crippen LogP contribution is 1.87. The summed E-state index contributed by atoms with van der Waals surface area (Å²) in [6.45, 7) is 4.56. The molecule has 0 spiro atoms. The summed E-state index contributed by atoms with van der Waals surface area (Å²) in [5.41, 5.74) is 0. The molecule has 0 saturated carbocycles. The lowest BCUT2D eigenvalue weighted by molar-refractivity contribution is 1.51. The molecule has 0 amide bonds. The van der Waals surface area contributed by atoms with Crippen molar-refractivity contribution in [3.8, 4) is 0 Å². The number of rotatable bonds is 2. The molecule has 2 unspecified atom stereocenters. The minimum Gasteiger partial charge on any atom is -0.166 e. The van der Waals surface area contributed by atoms with E-state index in [4.69, 9.17) is 0 Å². The Balaban J connectivity index is 3.83. The Hall–Kier alpha value is 0.700. The normalized spacial score (nSPS) is 18.0. The maximum absolute atomic E-state index is 2.37. The first kappa shape index (κ1) is 8.70. The van der Waals surface area contributed by atoms with Gasteiger partial charge in [-0.05, 0) is 24.0 Å². The van der Waals surface area contributed by atoms with Crippen LogP contribution in [-0.2, 0) is 18.9 Å². The molecule has 0 aliphatic rings. The lowest BCUT2D eigenvalue weighted by atomic mass is 11.0. The van der Waals surface area contributed by atoms with Crippen LogP contribution >= 0.6 is 0 Å². The van der Waals surface area contributed by atoms with E-state index in [-0.39, 0.29) is 0 Å². The molecule has 0 N–H and O–H groups in total. The van der Waals surface area contributed by atoms with Crippen molar-refractivity contribution in [2.24, 2.45) is 0 Å². The summed E-state index contributed by atoms with van der Waals surface area (Å²) in [6.07, 6.45) is 4.74. The van der Waals surface area contributed by atoms with Crippen molar-refractivity contribution in [3.05, 3.63) is 0 Å². The fourth-order valence-electron chi connectivity index (χ4n) is 0.402. The monoisotopic (exact) mass is 152 g/mol. The van der Waals surface area contributed by atoms with Gasteiger partial charge in [0.1, 0.15) is 0 Å². The minimum atomic E-state index is 0.706. The molecule has 0 heterocycles. The standard InChI is InChI=1S/C6H16S2/c1-5-7(3)8(4)6-2/h5-6H2,1-4H3. The van der Waals surface area contributed by atoms with E-state index in [1.165, 1.54) is 11.5 Å². The third kappa shape index (κ3) is 2.88. The second-order valence-corrected chi connectivity index (χ2v) is 8.59. The molecular formula is C6H16S2. The zero-order chi connectivity index (χ0) is 6.57. The number of hydrogen-bond acceptors (Lipinski definition) is 0. The average Bonchev–Trinajstić information content (AvgIpc) is 1.84. The molecule has 0 aliphatic heterocycles. The van der Waals surface area contributed by atoms with Gasteiger partial charge in [-0.25, -0.2) is 0 Å². The molecule has 0 nitrogen and oxygen atoms in total. The van der Waals surface area contributed by atoms with E-state index in [1.807, 2.05) is 0 Å². The molecule has 2 heteroatoms. The molecule has 8 heavy (non-hydrogen) atoms. The molecule has 0 aromatic heterocycles. The average molecular weight is 152 g/mol. The lowest BCUT2D eigenvalue weighted by Gasteiger charge is -2.03. The minimum absolute atomic E-state index is 0.706. The van der Waals surface area contributed by atoms with Crippen molar-refractivity contribution in [2.45, 2.75) is 13.8 Å². The van der Waals surface area contributed by atoms with Crippen LogP contribution in [0.3, 0.4) is 0 Å². The Morgan fingerprint density at radius 3 is 1.25 bits per heavy atom. The molecule has 0 radical (unpaired) electrons. The summed E-state index contributed by atoms with van der Waals surface area (Å²) in [5.74, 6) is 2.74. The predicted molar refractivity (Wildman–Crippen MR) is 47.7 cm³/mol. The van der Waals surface area contributed by atoms with Gasteiger partial charge in [0.2, 0.25) is 0 Å². The van der Waals surface area contributed by atoms with Crippen LogP contribution in [-0.4, -0.2) is 24.0 Å². The van der Waals surface area contributed by atoms with Gasteiger partial charge in [-0.15, -0.1) is 0 Å². The summed E-state index contributed by atoms with van der Waals surface area (Å²) in [4.78, 5) is 0. The van der Waals surface area contributed by atoms with Crippen molar-refractivity contribution in [2.75, 3.05) is 24.0 Å². The largest absolute Gasteiger partial charge is 0.166 e. The van der Waals surface area contributed by atoms with Crippen LogP contribution in [0.2, 0.25) is 0 Å².